The summed E-state index contributed by atoms with van der Waals surface area (Å²) in [5, 5.41) is 6.98. The number of benzene rings is 1. The maximum Gasteiger partial charge on any atom is 0.573 e. The summed E-state index contributed by atoms with van der Waals surface area (Å²) < 4.78 is 42.7. The molecule has 0 bridgehead atoms. The molecule has 0 aliphatic rings. The van der Waals surface area contributed by atoms with Crippen LogP contribution in [0.15, 0.2) is 61.1 Å². The summed E-state index contributed by atoms with van der Waals surface area (Å²) in [6.45, 7) is 1.34. The SMILES string of the molecule is CC(=O)Nc1nn2ccc(-c3cccnc3)nc2c1-c1ccc(OC(F)(F)F)cc1. The highest BCUT2D eigenvalue weighted by Gasteiger charge is 2.31. The van der Waals surface area contributed by atoms with Gasteiger partial charge >= 0.3 is 6.36 Å². The van der Waals surface area contributed by atoms with Crippen molar-refractivity contribution in [3.05, 3.63) is 61.1 Å². The summed E-state index contributed by atoms with van der Waals surface area (Å²) in [6.07, 6.45) is 0.201. The van der Waals surface area contributed by atoms with Gasteiger partial charge in [0.1, 0.15) is 5.75 Å². The lowest BCUT2D eigenvalue weighted by molar-refractivity contribution is -0.274. The van der Waals surface area contributed by atoms with E-state index >= 15 is 0 Å². The zero-order chi connectivity index (χ0) is 21.3. The Bertz CT molecular complexity index is 1210. The molecule has 1 N–H and O–H groups in total. The van der Waals surface area contributed by atoms with Gasteiger partial charge in [-0.15, -0.1) is 18.3 Å². The number of hydrogen-bond acceptors (Lipinski definition) is 5. The first-order chi connectivity index (χ1) is 14.3. The average molecular weight is 413 g/mol. The molecule has 30 heavy (non-hydrogen) atoms. The molecule has 0 saturated heterocycles. The molecule has 0 spiro atoms. The Kier molecular flexibility index (Phi) is 4.82. The lowest BCUT2D eigenvalue weighted by atomic mass is 10.1. The van der Waals surface area contributed by atoms with Gasteiger partial charge in [0.25, 0.3) is 0 Å². The normalized spacial score (nSPS) is 11.5. The molecule has 1 amide bonds. The minimum Gasteiger partial charge on any atom is -0.406 e. The highest BCUT2D eigenvalue weighted by molar-refractivity contribution is 5.97. The Morgan fingerprint density at radius 3 is 2.50 bits per heavy atom. The molecule has 152 valence electrons. The molecule has 0 atom stereocenters. The van der Waals surface area contributed by atoms with E-state index < -0.39 is 6.36 Å². The Morgan fingerprint density at radius 1 is 1.10 bits per heavy atom. The van der Waals surface area contributed by atoms with Crippen molar-refractivity contribution in [2.24, 2.45) is 0 Å². The fourth-order valence-electron chi connectivity index (χ4n) is 2.95. The molecule has 7 nitrogen and oxygen atoms in total. The van der Waals surface area contributed by atoms with Crippen molar-refractivity contribution in [3.8, 4) is 28.1 Å². The van der Waals surface area contributed by atoms with Crippen LogP contribution in [0.2, 0.25) is 0 Å². The van der Waals surface area contributed by atoms with E-state index in [9.17, 15) is 18.0 Å². The van der Waals surface area contributed by atoms with E-state index in [1.807, 2.05) is 6.07 Å². The number of anilines is 1. The third kappa shape index (κ3) is 4.07. The number of rotatable bonds is 4. The third-order valence-electron chi connectivity index (χ3n) is 4.11. The van der Waals surface area contributed by atoms with Crippen LogP contribution in [-0.2, 0) is 4.79 Å². The minimum atomic E-state index is -4.78. The van der Waals surface area contributed by atoms with Crippen LogP contribution in [0.4, 0.5) is 19.0 Å². The van der Waals surface area contributed by atoms with Crippen molar-refractivity contribution in [2.75, 3.05) is 5.32 Å². The Balaban J connectivity index is 1.84. The molecule has 0 saturated carbocycles. The molecule has 0 radical (unpaired) electrons. The maximum absolute atomic E-state index is 12.4. The minimum absolute atomic E-state index is 0.239. The smallest absolute Gasteiger partial charge is 0.406 e. The van der Waals surface area contributed by atoms with Gasteiger partial charge in [0, 0.05) is 31.1 Å². The summed E-state index contributed by atoms with van der Waals surface area (Å²) in [5.74, 6) is -0.459. The standard InChI is InChI=1S/C20H14F3N5O2/c1-12(29)25-18-17(13-4-6-15(7-5-13)30-20(21,22)23)19-26-16(8-10-28(19)27-18)14-3-2-9-24-11-14/h2-11H,1H3,(H,25,27,29). The quantitative estimate of drug-likeness (QED) is 0.539. The summed E-state index contributed by atoms with van der Waals surface area (Å²) >= 11 is 0. The summed E-state index contributed by atoms with van der Waals surface area (Å²) in [6, 6.07) is 10.6. The van der Waals surface area contributed by atoms with Crippen LogP contribution in [-0.4, -0.2) is 31.9 Å². The number of ether oxygens (including phenoxy) is 1. The van der Waals surface area contributed by atoms with E-state index in [1.54, 1.807) is 30.7 Å². The van der Waals surface area contributed by atoms with Gasteiger partial charge in [-0.2, -0.15) is 0 Å². The van der Waals surface area contributed by atoms with Gasteiger partial charge in [-0.3, -0.25) is 9.78 Å². The van der Waals surface area contributed by atoms with Crippen LogP contribution in [0.25, 0.3) is 28.0 Å². The molecule has 4 aromatic rings. The van der Waals surface area contributed by atoms with E-state index in [0.717, 1.165) is 5.56 Å². The van der Waals surface area contributed by atoms with Crippen molar-refractivity contribution >= 4 is 17.4 Å². The van der Waals surface area contributed by atoms with Gasteiger partial charge in [-0.05, 0) is 35.9 Å². The first kappa shape index (κ1) is 19.4. The number of amides is 1. The Morgan fingerprint density at radius 2 is 1.87 bits per heavy atom. The zero-order valence-corrected chi connectivity index (χ0v) is 15.5. The predicted octanol–water partition coefficient (Wildman–Crippen LogP) is 4.32. The lowest BCUT2D eigenvalue weighted by Gasteiger charge is -2.09. The monoisotopic (exact) mass is 413 g/mol. The van der Waals surface area contributed by atoms with Crippen molar-refractivity contribution in [2.45, 2.75) is 13.3 Å². The molecular formula is C20H14F3N5O2. The number of carbonyl (C=O) groups excluding carboxylic acids is 1. The fourth-order valence-corrected chi connectivity index (χ4v) is 2.95. The molecule has 10 heteroatoms. The molecular weight excluding hydrogens is 399 g/mol. The van der Waals surface area contributed by atoms with Crippen LogP contribution in [0.5, 0.6) is 5.75 Å². The first-order valence-corrected chi connectivity index (χ1v) is 8.74. The molecule has 3 aromatic heterocycles. The van der Waals surface area contributed by atoms with Crippen LogP contribution in [0.1, 0.15) is 6.92 Å². The second-order valence-corrected chi connectivity index (χ2v) is 6.30. The molecule has 0 aliphatic heterocycles. The second-order valence-electron chi connectivity index (χ2n) is 6.30. The van der Waals surface area contributed by atoms with Gasteiger partial charge in [0.2, 0.25) is 5.91 Å². The van der Waals surface area contributed by atoms with Gasteiger partial charge in [-0.1, -0.05) is 12.1 Å². The summed E-state index contributed by atoms with van der Waals surface area (Å²) in [7, 11) is 0. The number of carbonyl (C=O) groups is 1. The number of hydrogen-bond donors (Lipinski definition) is 1. The molecule has 0 fully saturated rings. The van der Waals surface area contributed by atoms with Gasteiger partial charge in [-0.25, -0.2) is 9.50 Å². The molecule has 1 aromatic carbocycles. The van der Waals surface area contributed by atoms with Crippen LogP contribution in [0, 0.1) is 0 Å². The predicted molar refractivity (Wildman–Crippen MR) is 103 cm³/mol. The van der Waals surface area contributed by atoms with E-state index in [0.29, 0.717) is 22.5 Å². The molecule has 0 aliphatic carbocycles. The topological polar surface area (TPSA) is 81.4 Å². The van der Waals surface area contributed by atoms with Gasteiger partial charge in [0.15, 0.2) is 11.5 Å². The number of fused-ring (bicyclic) bond motifs is 1. The Hall–Kier alpha value is -3.95. The Labute approximate surface area is 168 Å². The summed E-state index contributed by atoms with van der Waals surface area (Å²) in [5.41, 5.74) is 2.81. The number of nitrogens with one attached hydrogen (secondary N) is 1. The van der Waals surface area contributed by atoms with Crippen molar-refractivity contribution in [3.63, 3.8) is 0 Å². The van der Waals surface area contributed by atoms with E-state index in [2.05, 4.69) is 25.1 Å². The number of pyridine rings is 1. The van der Waals surface area contributed by atoms with Gasteiger partial charge in [0.05, 0.1) is 11.3 Å². The second kappa shape index (κ2) is 7.47. The van der Waals surface area contributed by atoms with Crippen LogP contribution >= 0.6 is 0 Å². The maximum atomic E-state index is 12.4. The summed E-state index contributed by atoms with van der Waals surface area (Å²) in [4.78, 5) is 20.3. The highest BCUT2D eigenvalue weighted by Crippen LogP contribution is 2.34. The largest absolute Gasteiger partial charge is 0.573 e. The number of aromatic nitrogens is 4. The third-order valence-corrected chi connectivity index (χ3v) is 4.11. The molecule has 0 unspecified atom stereocenters. The number of halogens is 3. The molecule has 3 heterocycles. The van der Waals surface area contributed by atoms with Crippen LogP contribution < -0.4 is 10.1 Å². The zero-order valence-electron chi connectivity index (χ0n) is 15.5. The highest BCUT2D eigenvalue weighted by atomic mass is 19.4. The van der Waals surface area contributed by atoms with Crippen LogP contribution in [0.3, 0.4) is 0 Å². The number of alkyl halides is 3. The average Bonchev–Trinajstić information content (AvgIpc) is 3.04. The van der Waals surface area contributed by atoms with Crippen molar-refractivity contribution < 1.29 is 22.7 Å². The molecule has 4 rings (SSSR count). The number of nitrogens with zero attached hydrogens (tertiary/aromatic N) is 4. The van der Waals surface area contributed by atoms with E-state index in [4.69, 9.17) is 0 Å². The van der Waals surface area contributed by atoms with Crippen molar-refractivity contribution in [1.29, 1.82) is 0 Å². The first-order valence-electron chi connectivity index (χ1n) is 8.74. The van der Waals surface area contributed by atoms with Gasteiger partial charge < -0.3 is 10.1 Å². The van der Waals surface area contributed by atoms with Crippen molar-refractivity contribution in [1.82, 2.24) is 19.6 Å². The van der Waals surface area contributed by atoms with E-state index in [-0.39, 0.29) is 17.5 Å². The van der Waals surface area contributed by atoms with E-state index in [1.165, 1.54) is 35.7 Å². The lowest BCUT2D eigenvalue weighted by Crippen LogP contribution is -2.16. The fraction of sp³-hybridized carbons (Fsp3) is 0.100.